The SMILES string of the molecule is COc1c(Br)cc(-c2cc(C(=O)O)on2)c(O)c1C. The van der Waals surface area contributed by atoms with Gasteiger partial charge in [-0.25, -0.2) is 4.79 Å². The third-order valence-corrected chi connectivity index (χ3v) is 3.23. The molecule has 2 N–H and O–H groups in total. The number of phenolic OH excluding ortho intramolecular Hbond substituents is 1. The van der Waals surface area contributed by atoms with E-state index >= 15 is 0 Å². The van der Waals surface area contributed by atoms with Crippen molar-refractivity contribution >= 4 is 21.9 Å². The Morgan fingerprint density at radius 3 is 2.68 bits per heavy atom. The van der Waals surface area contributed by atoms with Gasteiger partial charge in [-0.1, -0.05) is 5.16 Å². The van der Waals surface area contributed by atoms with Crippen LogP contribution in [0.1, 0.15) is 16.1 Å². The number of phenols is 1. The largest absolute Gasteiger partial charge is 0.507 e. The van der Waals surface area contributed by atoms with Gasteiger partial charge < -0.3 is 19.5 Å². The van der Waals surface area contributed by atoms with Gasteiger partial charge in [0.05, 0.1) is 11.6 Å². The summed E-state index contributed by atoms with van der Waals surface area (Å²) < 4.78 is 10.4. The Kier molecular flexibility index (Phi) is 3.48. The second-order valence-electron chi connectivity index (χ2n) is 3.79. The molecule has 2 rings (SSSR count). The fourth-order valence-corrected chi connectivity index (χ4v) is 2.39. The van der Waals surface area contributed by atoms with Crippen molar-refractivity contribution in [2.24, 2.45) is 0 Å². The molecule has 0 fully saturated rings. The molecule has 0 amide bonds. The molecule has 0 atom stereocenters. The molecule has 1 aromatic heterocycles. The summed E-state index contributed by atoms with van der Waals surface area (Å²) in [6.07, 6.45) is 0. The van der Waals surface area contributed by atoms with Crippen molar-refractivity contribution in [1.82, 2.24) is 5.16 Å². The Balaban J connectivity index is 2.59. The molecule has 0 spiro atoms. The average molecular weight is 328 g/mol. The number of methoxy groups -OCH3 is 1. The summed E-state index contributed by atoms with van der Waals surface area (Å²) in [7, 11) is 1.49. The number of carboxylic acids is 1. The molecule has 0 radical (unpaired) electrons. The fraction of sp³-hybridized carbons (Fsp3) is 0.167. The van der Waals surface area contributed by atoms with Crippen LogP contribution in [0.5, 0.6) is 11.5 Å². The van der Waals surface area contributed by atoms with Gasteiger partial charge in [0.25, 0.3) is 0 Å². The number of aromatic carboxylic acids is 1. The first-order valence-electron chi connectivity index (χ1n) is 5.22. The molecule has 0 unspecified atom stereocenters. The second-order valence-corrected chi connectivity index (χ2v) is 4.65. The molecule has 0 aliphatic carbocycles. The molecule has 1 heterocycles. The van der Waals surface area contributed by atoms with Crippen LogP contribution in [-0.2, 0) is 0 Å². The lowest BCUT2D eigenvalue weighted by atomic mass is 10.1. The summed E-state index contributed by atoms with van der Waals surface area (Å²) in [4.78, 5) is 10.7. The number of nitrogens with zero attached hydrogens (tertiary/aromatic N) is 1. The van der Waals surface area contributed by atoms with E-state index in [4.69, 9.17) is 9.84 Å². The van der Waals surface area contributed by atoms with E-state index in [0.717, 1.165) is 0 Å². The normalized spacial score (nSPS) is 10.5. The minimum absolute atomic E-state index is 0.0368. The highest BCUT2D eigenvalue weighted by Crippen LogP contribution is 2.41. The zero-order chi connectivity index (χ0) is 14.2. The van der Waals surface area contributed by atoms with Crippen LogP contribution in [0, 0.1) is 6.92 Å². The van der Waals surface area contributed by atoms with E-state index in [2.05, 4.69) is 25.6 Å². The van der Waals surface area contributed by atoms with Gasteiger partial charge in [-0.3, -0.25) is 0 Å². The van der Waals surface area contributed by atoms with E-state index in [0.29, 0.717) is 21.3 Å². The third-order valence-electron chi connectivity index (χ3n) is 2.64. The standard InChI is InChI=1S/C12H10BrNO5/c1-5-10(15)6(3-7(13)11(5)18-2)8-4-9(12(16)17)19-14-8/h3-4,15H,1-2H3,(H,16,17). The van der Waals surface area contributed by atoms with Gasteiger partial charge in [0.1, 0.15) is 17.2 Å². The Morgan fingerprint density at radius 2 is 2.16 bits per heavy atom. The van der Waals surface area contributed by atoms with Gasteiger partial charge in [0.15, 0.2) is 0 Å². The highest BCUT2D eigenvalue weighted by Gasteiger charge is 2.19. The van der Waals surface area contributed by atoms with E-state index in [9.17, 15) is 9.90 Å². The first-order chi connectivity index (χ1) is 8.95. The van der Waals surface area contributed by atoms with Crippen molar-refractivity contribution < 1.29 is 24.3 Å². The van der Waals surface area contributed by atoms with E-state index in [1.807, 2.05) is 0 Å². The quantitative estimate of drug-likeness (QED) is 0.900. The molecule has 0 aliphatic rings. The number of rotatable bonds is 3. The van der Waals surface area contributed by atoms with Crippen LogP contribution in [0.25, 0.3) is 11.3 Å². The van der Waals surface area contributed by atoms with Gasteiger partial charge in [-0.2, -0.15) is 0 Å². The summed E-state index contributed by atoms with van der Waals surface area (Å²) in [6, 6.07) is 2.83. The number of halogens is 1. The van der Waals surface area contributed by atoms with Crippen LogP contribution in [0.2, 0.25) is 0 Å². The van der Waals surface area contributed by atoms with E-state index in [1.54, 1.807) is 13.0 Å². The van der Waals surface area contributed by atoms with Crippen molar-refractivity contribution in [2.75, 3.05) is 7.11 Å². The number of hydrogen-bond acceptors (Lipinski definition) is 5. The maximum Gasteiger partial charge on any atom is 0.374 e. The minimum atomic E-state index is -1.22. The van der Waals surface area contributed by atoms with Gasteiger partial charge in [0, 0.05) is 17.2 Å². The van der Waals surface area contributed by atoms with Crippen molar-refractivity contribution in [3.63, 3.8) is 0 Å². The zero-order valence-electron chi connectivity index (χ0n) is 10.1. The predicted molar refractivity (Wildman–Crippen MR) is 69.6 cm³/mol. The van der Waals surface area contributed by atoms with Crippen LogP contribution in [0.15, 0.2) is 21.1 Å². The topological polar surface area (TPSA) is 92.8 Å². The number of ether oxygens (including phenoxy) is 1. The summed E-state index contributed by atoms with van der Waals surface area (Å²) in [6.45, 7) is 1.68. The summed E-state index contributed by atoms with van der Waals surface area (Å²) in [5, 5.41) is 22.5. The van der Waals surface area contributed by atoms with Gasteiger partial charge in [-0.05, 0) is 28.9 Å². The Labute approximate surface area is 116 Å². The van der Waals surface area contributed by atoms with Crippen molar-refractivity contribution in [3.8, 4) is 22.8 Å². The van der Waals surface area contributed by atoms with Crippen LogP contribution >= 0.6 is 15.9 Å². The highest BCUT2D eigenvalue weighted by atomic mass is 79.9. The lowest BCUT2D eigenvalue weighted by Gasteiger charge is -2.11. The van der Waals surface area contributed by atoms with Gasteiger partial charge in [0.2, 0.25) is 5.76 Å². The van der Waals surface area contributed by atoms with Gasteiger partial charge >= 0.3 is 5.97 Å². The number of benzene rings is 1. The molecule has 1 aromatic carbocycles. The molecule has 2 aromatic rings. The Morgan fingerprint density at radius 1 is 1.47 bits per heavy atom. The average Bonchev–Trinajstić information content (AvgIpc) is 2.84. The van der Waals surface area contributed by atoms with Crippen LogP contribution in [-0.4, -0.2) is 28.4 Å². The summed E-state index contributed by atoms with van der Waals surface area (Å²) >= 11 is 3.31. The molecular weight excluding hydrogens is 318 g/mol. The molecule has 0 saturated heterocycles. The predicted octanol–water partition coefficient (Wildman–Crippen LogP) is 2.82. The second kappa shape index (κ2) is 4.93. The lowest BCUT2D eigenvalue weighted by molar-refractivity contribution is 0.0652. The van der Waals surface area contributed by atoms with Crippen LogP contribution in [0.4, 0.5) is 0 Å². The maximum absolute atomic E-state index is 10.7. The van der Waals surface area contributed by atoms with E-state index in [-0.39, 0.29) is 17.2 Å². The smallest absolute Gasteiger partial charge is 0.374 e. The summed E-state index contributed by atoms with van der Waals surface area (Å²) in [5.41, 5.74) is 1.12. The molecule has 7 heteroatoms. The summed E-state index contributed by atoms with van der Waals surface area (Å²) in [5.74, 6) is -1.05. The van der Waals surface area contributed by atoms with Crippen LogP contribution < -0.4 is 4.74 Å². The number of hydrogen-bond donors (Lipinski definition) is 2. The monoisotopic (exact) mass is 327 g/mol. The van der Waals surface area contributed by atoms with Crippen molar-refractivity contribution in [3.05, 3.63) is 27.9 Å². The first kappa shape index (κ1) is 13.4. The number of carbonyl (C=O) groups is 1. The molecule has 0 bridgehead atoms. The van der Waals surface area contributed by atoms with Crippen molar-refractivity contribution in [1.29, 1.82) is 0 Å². The third kappa shape index (κ3) is 2.28. The maximum atomic E-state index is 10.7. The van der Waals surface area contributed by atoms with Crippen LogP contribution in [0.3, 0.4) is 0 Å². The number of aromatic hydroxyl groups is 1. The lowest BCUT2D eigenvalue weighted by Crippen LogP contribution is -1.92. The molecule has 19 heavy (non-hydrogen) atoms. The Bertz CT molecular complexity index is 650. The minimum Gasteiger partial charge on any atom is -0.507 e. The first-order valence-corrected chi connectivity index (χ1v) is 6.01. The van der Waals surface area contributed by atoms with Gasteiger partial charge in [-0.15, -0.1) is 0 Å². The molecule has 100 valence electrons. The fourth-order valence-electron chi connectivity index (χ4n) is 1.70. The number of aromatic nitrogens is 1. The van der Waals surface area contributed by atoms with E-state index in [1.165, 1.54) is 13.2 Å². The van der Waals surface area contributed by atoms with Crippen molar-refractivity contribution in [2.45, 2.75) is 6.92 Å². The Hall–Kier alpha value is -2.02. The highest BCUT2D eigenvalue weighted by molar-refractivity contribution is 9.10. The van der Waals surface area contributed by atoms with E-state index < -0.39 is 5.97 Å². The molecule has 0 aliphatic heterocycles. The molecular formula is C12H10BrNO5. The number of carboxylic acid groups (broad SMARTS) is 1. The molecule has 6 nitrogen and oxygen atoms in total. The molecule has 0 saturated carbocycles. The zero-order valence-corrected chi connectivity index (χ0v) is 11.7.